The Hall–Kier alpha value is -1.80. The lowest BCUT2D eigenvalue weighted by molar-refractivity contribution is -0.139. The number of thioether (sulfide) groups is 1. The number of amides is 2. The van der Waals surface area contributed by atoms with Crippen molar-refractivity contribution in [1.82, 2.24) is 4.90 Å². The Morgan fingerprint density at radius 2 is 2.04 bits per heavy atom. The lowest BCUT2D eigenvalue weighted by Crippen LogP contribution is -2.34. The molecule has 144 valence electrons. The molecule has 6 nitrogen and oxygen atoms in total. The fourth-order valence-corrected chi connectivity index (χ4v) is 4.66. The topological polar surface area (TPSA) is 83.9 Å². The van der Waals surface area contributed by atoms with Crippen LogP contribution in [-0.4, -0.2) is 40.3 Å². The minimum Gasteiger partial charge on any atom is -0.481 e. The van der Waals surface area contributed by atoms with E-state index < -0.39 is 12.6 Å². The number of hydrogen-bond donors (Lipinski definition) is 1. The summed E-state index contributed by atoms with van der Waals surface area (Å²) in [6.07, 6.45) is 7.40. The van der Waals surface area contributed by atoms with Crippen LogP contribution in [0.4, 0.5) is 4.79 Å². The minimum absolute atomic E-state index is 0.211. The predicted molar refractivity (Wildman–Crippen MR) is 107 cm³/mol. The molecule has 1 saturated carbocycles. The molecule has 0 unspecified atom stereocenters. The number of rotatable bonds is 6. The number of benzene rings is 1. The first-order chi connectivity index (χ1) is 12.9. The number of carbonyl (C=O) groups is 3. The Kier molecular flexibility index (Phi) is 6.59. The summed E-state index contributed by atoms with van der Waals surface area (Å²) >= 11 is 4.30. The van der Waals surface area contributed by atoms with Crippen LogP contribution < -0.4 is 4.74 Å². The number of carboxylic acids is 1. The number of nitrogens with zero attached hydrogens (tertiary/aromatic N) is 1. The Morgan fingerprint density at radius 3 is 2.70 bits per heavy atom. The highest BCUT2D eigenvalue weighted by atomic mass is 79.9. The molecule has 0 spiro atoms. The Bertz CT molecular complexity index is 788. The van der Waals surface area contributed by atoms with Gasteiger partial charge in [0, 0.05) is 6.54 Å². The summed E-state index contributed by atoms with van der Waals surface area (Å²) in [5.41, 5.74) is 0.729. The molecule has 1 N–H and O–H groups in total. The van der Waals surface area contributed by atoms with Crippen molar-refractivity contribution >= 4 is 50.9 Å². The van der Waals surface area contributed by atoms with Crippen LogP contribution in [0.1, 0.15) is 37.7 Å². The van der Waals surface area contributed by atoms with Gasteiger partial charge in [-0.1, -0.05) is 25.3 Å². The van der Waals surface area contributed by atoms with Gasteiger partial charge in [0.1, 0.15) is 5.75 Å². The Morgan fingerprint density at radius 1 is 1.30 bits per heavy atom. The second kappa shape index (κ2) is 8.93. The summed E-state index contributed by atoms with van der Waals surface area (Å²) in [6, 6.07) is 5.08. The number of hydrogen-bond acceptors (Lipinski definition) is 5. The van der Waals surface area contributed by atoms with E-state index in [1.807, 2.05) is 0 Å². The molecule has 0 aromatic heterocycles. The van der Waals surface area contributed by atoms with E-state index in [2.05, 4.69) is 15.9 Å². The van der Waals surface area contributed by atoms with Crippen LogP contribution in [0.3, 0.4) is 0 Å². The summed E-state index contributed by atoms with van der Waals surface area (Å²) in [5.74, 6) is -0.484. The fourth-order valence-electron chi connectivity index (χ4n) is 3.30. The van der Waals surface area contributed by atoms with Gasteiger partial charge < -0.3 is 9.84 Å². The third-order valence-electron chi connectivity index (χ3n) is 4.64. The van der Waals surface area contributed by atoms with Gasteiger partial charge in [-0.15, -0.1) is 0 Å². The van der Waals surface area contributed by atoms with Crippen molar-refractivity contribution in [2.24, 2.45) is 5.92 Å². The van der Waals surface area contributed by atoms with E-state index in [1.54, 1.807) is 24.3 Å². The monoisotopic (exact) mass is 453 g/mol. The fraction of sp³-hybridized carbons (Fsp3) is 0.421. The van der Waals surface area contributed by atoms with Gasteiger partial charge >= 0.3 is 5.97 Å². The molecule has 0 atom stereocenters. The molecule has 2 aliphatic rings. The molecular weight excluding hydrogens is 434 g/mol. The van der Waals surface area contributed by atoms with Crippen LogP contribution >= 0.6 is 27.7 Å². The highest BCUT2D eigenvalue weighted by molar-refractivity contribution is 9.10. The van der Waals surface area contributed by atoms with E-state index in [1.165, 1.54) is 24.2 Å². The second-order valence-corrected chi connectivity index (χ2v) is 8.52. The van der Waals surface area contributed by atoms with Crippen LogP contribution in [0.15, 0.2) is 27.6 Å². The second-order valence-electron chi connectivity index (χ2n) is 6.67. The van der Waals surface area contributed by atoms with Crippen molar-refractivity contribution in [3.8, 4) is 5.75 Å². The van der Waals surface area contributed by atoms with Gasteiger partial charge in [0.05, 0.1) is 9.38 Å². The molecule has 1 aromatic carbocycles. The third-order valence-corrected chi connectivity index (χ3v) is 6.17. The summed E-state index contributed by atoms with van der Waals surface area (Å²) in [7, 11) is 0. The van der Waals surface area contributed by atoms with Crippen molar-refractivity contribution in [2.75, 3.05) is 13.2 Å². The van der Waals surface area contributed by atoms with Crippen molar-refractivity contribution in [1.29, 1.82) is 0 Å². The van der Waals surface area contributed by atoms with Crippen LogP contribution in [0.2, 0.25) is 0 Å². The van der Waals surface area contributed by atoms with Crippen molar-refractivity contribution in [3.05, 3.63) is 33.1 Å². The molecular formula is C19H20BrNO5S. The van der Waals surface area contributed by atoms with Crippen molar-refractivity contribution in [3.63, 3.8) is 0 Å². The molecule has 1 aliphatic heterocycles. The SMILES string of the molecule is O=C(O)COc1ccc(/C=C2/SC(=O)N(CC3CCCCC3)C2=O)cc1Br. The van der Waals surface area contributed by atoms with Gasteiger partial charge in [-0.3, -0.25) is 14.5 Å². The average molecular weight is 454 g/mol. The lowest BCUT2D eigenvalue weighted by Gasteiger charge is -2.25. The van der Waals surface area contributed by atoms with E-state index >= 15 is 0 Å². The Labute approximate surface area is 170 Å². The van der Waals surface area contributed by atoms with Gasteiger partial charge in [-0.25, -0.2) is 4.79 Å². The molecule has 8 heteroatoms. The standard InChI is InChI=1S/C19H20BrNO5S/c20-14-8-13(6-7-15(14)26-11-17(22)23)9-16-18(24)21(19(25)27-16)10-12-4-2-1-3-5-12/h6-9,12H,1-5,10-11H2,(H,22,23)/b16-9+. The lowest BCUT2D eigenvalue weighted by atomic mass is 9.89. The summed E-state index contributed by atoms with van der Waals surface area (Å²) < 4.78 is 5.74. The highest BCUT2D eigenvalue weighted by Gasteiger charge is 2.36. The number of aliphatic carboxylic acids is 1. The number of ether oxygens (including phenoxy) is 1. The smallest absolute Gasteiger partial charge is 0.341 e. The number of carbonyl (C=O) groups excluding carboxylic acids is 2. The summed E-state index contributed by atoms with van der Waals surface area (Å²) in [4.78, 5) is 37.3. The van der Waals surface area contributed by atoms with Crippen LogP contribution in [0, 0.1) is 5.92 Å². The average Bonchev–Trinajstić information content (AvgIpc) is 2.89. The minimum atomic E-state index is -1.06. The highest BCUT2D eigenvalue weighted by Crippen LogP contribution is 2.35. The molecule has 2 amide bonds. The summed E-state index contributed by atoms with van der Waals surface area (Å²) in [5, 5.41) is 8.47. The van der Waals surface area contributed by atoms with E-state index in [4.69, 9.17) is 9.84 Å². The maximum absolute atomic E-state index is 12.6. The molecule has 3 rings (SSSR count). The van der Waals surface area contributed by atoms with Gasteiger partial charge in [-0.2, -0.15) is 0 Å². The maximum atomic E-state index is 12.6. The number of halogens is 1. The van der Waals surface area contributed by atoms with Crippen LogP contribution in [0.5, 0.6) is 5.75 Å². The molecule has 2 fully saturated rings. The van der Waals surface area contributed by atoms with Gasteiger partial charge in [0.2, 0.25) is 0 Å². The normalized spacial score (nSPS) is 19.7. The van der Waals surface area contributed by atoms with Gasteiger partial charge in [0.25, 0.3) is 11.1 Å². The third kappa shape index (κ3) is 5.13. The molecule has 27 heavy (non-hydrogen) atoms. The van der Waals surface area contributed by atoms with E-state index in [9.17, 15) is 14.4 Å². The van der Waals surface area contributed by atoms with E-state index in [0.29, 0.717) is 27.6 Å². The summed E-state index contributed by atoms with van der Waals surface area (Å²) in [6.45, 7) is 0.0751. The number of imide groups is 1. The predicted octanol–water partition coefficient (Wildman–Crippen LogP) is 4.53. The molecule has 0 bridgehead atoms. The molecule has 1 aromatic rings. The first-order valence-electron chi connectivity index (χ1n) is 8.83. The molecule has 0 radical (unpaired) electrons. The zero-order chi connectivity index (χ0) is 19.4. The number of carboxylic acid groups (broad SMARTS) is 1. The van der Waals surface area contributed by atoms with Gasteiger partial charge in [0.15, 0.2) is 6.61 Å². The van der Waals surface area contributed by atoms with Crippen molar-refractivity contribution < 1.29 is 24.2 Å². The van der Waals surface area contributed by atoms with Crippen molar-refractivity contribution in [2.45, 2.75) is 32.1 Å². The quantitative estimate of drug-likeness (QED) is 0.636. The van der Waals surface area contributed by atoms with Crippen LogP contribution in [0.25, 0.3) is 6.08 Å². The zero-order valence-corrected chi connectivity index (χ0v) is 17.1. The van der Waals surface area contributed by atoms with Crippen LogP contribution in [-0.2, 0) is 9.59 Å². The van der Waals surface area contributed by atoms with E-state index in [-0.39, 0.29) is 11.1 Å². The van der Waals surface area contributed by atoms with E-state index in [0.717, 1.165) is 30.2 Å². The van der Waals surface area contributed by atoms with Gasteiger partial charge in [-0.05, 0) is 70.2 Å². The Balaban J connectivity index is 1.69. The first-order valence-corrected chi connectivity index (χ1v) is 10.4. The molecule has 1 aliphatic carbocycles. The molecule has 1 heterocycles. The largest absolute Gasteiger partial charge is 0.481 e. The molecule has 1 saturated heterocycles. The maximum Gasteiger partial charge on any atom is 0.341 e. The zero-order valence-electron chi connectivity index (χ0n) is 14.7. The first kappa shape index (κ1) is 19.9.